The smallest absolute Gasteiger partial charge is 0.0376 e. The van der Waals surface area contributed by atoms with Gasteiger partial charge in [0.15, 0.2) is 0 Å². The highest BCUT2D eigenvalue weighted by atomic mass is 14.7. The van der Waals surface area contributed by atoms with Crippen molar-refractivity contribution in [3.8, 4) is 0 Å². The molecular weight excluding hydrogens is 126 g/mol. The zero-order chi connectivity index (χ0) is 7.98. The van der Waals surface area contributed by atoms with Crippen LogP contribution in [0.15, 0.2) is 16.8 Å². The summed E-state index contributed by atoms with van der Waals surface area (Å²) >= 11 is 0. The third-order valence-electron chi connectivity index (χ3n) is 1.28. The molecule has 0 aromatic carbocycles. The lowest BCUT2D eigenvalue weighted by Crippen LogP contribution is -2.12. The van der Waals surface area contributed by atoms with Crippen molar-refractivity contribution in [2.45, 2.75) is 13.8 Å². The predicted molar refractivity (Wildman–Crippen MR) is 45.0 cm³/mol. The van der Waals surface area contributed by atoms with Crippen LogP contribution in [-0.2, 0) is 0 Å². The monoisotopic (exact) mass is 141 g/mol. The van der Waals surface area contributed by atoms with Gasteiger partial charge in [0, 0.05) is 30.6 Å². The number of hydrogen-bond acceptors (Lipinski definition) is 3. The first-order valence-corrected chi connectivity index (χ1v) is 3.38. The maximum Gasteiger partial charge on any atom is 0.0376 e. The molecule has 3 heteroatoms. The molecule has 0 amide bonds. The van der Waals surface area contributed by atoms with Gasteiger partial charge in [-0.25, -0.2) is 0 Å². The summed E-state index contributed by atoms with van der Waals surface area (Å²) in [5.74, 6) is 0. The van der Waals surface area contributed by atoms with Crippen molar-refractivity contribution in [2.75, 3.05) is 13.1 Å². The largest absolute Gasteiger partial charge is 0.404 e. The van der Waals surface area contributed by atoms with Crippen molar-refractivity contribution < 1.29 is 0 Å². The van der Waals surface area contributed by atoms with Gasteiger partial charge in [0.05, 0.1) is 0 Å². The van der Waals surface area contributed by atoms with Gasteiger partial charge in [-0.1, -0.05) is 0 Å². The lowest BCUT2D eigenvalue weighted by Gasteiger charge is -2.00. The van der Waals surface area contributed by atoms with Crippen LogP contribution >= 0.6 is 0 Å². The number of rotatable bonds is 3. The zero-order valence-electron chi connectivity index (χ0n) is 6.59. The Morgan fingerprint density at radius 2 is 2.20 bits per heavy atom. The lowest BCUT2D eigenvalue weighted by molar-refractivity contribution is 1.10. The molecule has 0 aromatic rings. The van der Waals surface area contributed by atoms with E-state index in [1.807, 2.05) is 13.8 Å². The van der Waals surface area contributed by atoms with E-state index in [4.69, 9.17) is 11.5 Å². The van der Waals surface area contributed by atoms with Gasteiger partial charge in [-0.15, -0.1) is 0 Å². The minimum absolute atomic E-state index is 0.464. The van der Waals surface area contributed by atoms with Crippen LogP contribution in [0.4, 0.5) is 0 Å². The molecule has 0 saturated carbocycles. The summed E-state index contributed by atoms with van der Waals surface area (Å²) in [5, 5.41) is 0. The van der Waals surface area contributed by atoms with Crippen LogP contribution in [0.25, 0.3) is 0 Å². The Morgan fingerprint density at radius 3 is 2.50 bits per heavy atom. The van der Waals surface area contributed by atoms with Crippen LogP contribution in [0.1, 0.15) is 13.8 Å². The summed E-state index contributed by atoms with van der Waals surface area (Å²) in [6.07, 6.45) is 1.51. The van der Waals surface area contributed by atoms with E-state index in [0.717, 1.165) is 17.8 Å². The molecule has 0 unspecified atom stereocenters. The maximum atomic E-state index is 5.39. The van der Waals surface area contributed by atoms with E-state index in [2.05, 4.69) is 4.99 Å². The number of hydrogen-bond donors (Lipinski definition) is 2. The highest BCUT2D eigenvalue weighted by Crippen LogP contribution is 1.92. The molecule has 0 rings (SSSR count). The van der Waals surface area contributed by atoms with Crippen LogP contribution in [0, 0.1) is 0 Å². The summed E-state index contributed by atoms with van der Waals surface area (Å²) in [7, 11) is 0. The first kappa shape index (κ1) is 9.17. The van der Waals surface area contributed by atoms with Gasteiger partial charge in [0.2, 0.25) is 0 Å². The second-order valence-corrected chi connectivity index (χ2v) is 1.96. The fraction of sp³-hybridized carbons (Fsp3) is 0.571. The standard InChI is InChI=1S/C7H15N3/c1-3-10-6(2)7(4-8)5-9/h4H,3,5,8-9H2,1-2H3. The third kappa shape index (κ3) is 2.64. The van der Waals surface area contributed by atoms with Crippen LogP contribution in [-0.4, -0.2) is 18.8 Å². The highest BCUT2D eigenvalue weighted by Gasteiger charge is 1.95. The molecule has 0 atom stereocenters. The minimum atomic E-state index is 0.464. The normalized spacial score (nSPS) is 13.9. The molecule has 0 aliphatic carbocycles. The number of nitrogens with two attached hydrogens (primary N) is 2. The summed E-state index contributed by atoms with van der Waals surface area (Å²) in [5.41, 5.74) is 12.5. The van der Waals surface area contributed by atoms with Crippen molar-refractivity contribution in [2.24, 2.45) is 16.5 Å². The molecule has 0 bridgehead atoms. The third-order valence-corrected chi connectivity index (χ3v) is 1.28. The van der Waals surface area contributed by atoms with Crippen LogP contribution in [0.2, 0.25) is 0 Å². The van der Waals surface area contributed by atoms with Gasteiger partial charge in [-0.3, -0.25) is 4.99 Å². The Morgan fingerprint density at radius 1 is 1.60 bits per heavy atom. The summed E-state index contributed by atoms with van der Waals surface area (Å²) < 4.78 is 0. The fourth-order valence-corrected chi connectivity index (χ4v) is 0.675. The average molecular weight is 141 g/mol. The Balaban J connectivity index is 4.16. The molecule has 10 heavy (non-hydrogen) atoms. The molecule has 4 N–H and O–H groups in total. The predicted octanol–water partition coefficient (Wildman–Crippen LogP) is 0.269. The topological polar surface area (TPSA) is 64.4 Å². The van der Waals surface area contributed by atoms with Crippen molar-refractivity contribution in [1.82, 2.24) is 0 Å². The first-order valence-electron chi connectivity index (χ1n) is 3.38. The van der Waals surface area contributed by atoms with Crippen LogP contribution in [0.5, 0.6) is 0 Å². The second-order valence-electron chi connectivity index (χ2n) is 1.96. The molecule has 0 fully saturated rings. The second kappa shape index (κ2) is 4.99. The van der Waals surface area contributed by atoms with E-state index in [9.17, 15) is 0 Å². The molecule has 0 saturated heterocycles. The van der Waals surface area contributed by atoms with E-state index in [1.165, 1.54) is 6.20 Å². The number of nitrogens with zero attached hydrogens (tertiary/aromatic N) is 1. The van der Waals surface area contributed by atoms with Crippen LogP contribution < -0.4 is 11.5 Å². The van der Waals surface area contributed by atoms with Gasteiger partial charge in [-0.05, 0) is 13.8 Å². The van der Waals surface area contributed by atoms with E-state index >= 15 is 0 Å². The fourth-order valence-electron chi connectivity index (χ4n) is 0.675. The van der Waals surface area contributed by atoms with Crippen molar-refractivity contribution in [3.63, 3.8) is 0 Å². The Bertz CT molecular complexity index is 147. The Kier molecular flexibility index (Phi) is 4.58. The maximum absolute atomic E-state index is 5.39. The van der Waals surface area contributed by atoms with Gasteiger partial charge in [-0.2, -0.15) is 0 Å². The first-order chi connectivity index (χ1) is 4.76. The molecule has 0 heterocycles. The average Bonchev–Trinajstić information content (AvgIpc) is 1.91. The van der Waals surface area contributed by atoms with Gasteiger partial charge >= 0.3 is 0 Å². The molecule has 0 aliphatic rings. The number of aliphatic imine (C=N–C) groups is 1. The van der Waals surface area contributed by atoms with E-state index < -0.39 is 0 Å². The summed E-state index contributed by atoms with van der Waals surface area (Å²) in [4.78, 5) is 4.15. The highest BCUT2D eigenvalue weighted by molar-refractivity contribution is 5.98. The van der Waals surface area contributed by atoms with E-state index in [0.29, 0.717) is 6.54 Å². The SMILES string of the molecule is CCN=C(C)C(=CN)CN. The summed E-state index contributed by atoms with van der Waals surface area (Å²) in [6, 6.07) is 0. The minimum Gasteiger partial charge on any atom is -0.404 e. The molecule has 0 aliphatic heterocycles. The van der Waals surface area contributed by atoms with E-state index in [1.54, 1.807) is 0 Å². The Labute approximate surface area is 61.8 Å². The molecule has 0 spiro atoms. The van der Waals surface area contributed by atoms with E-state index in [-0.39, 0.29) is 0 Å². The molecule has 0 aromatic heterocycles. The summed E-state index contributed by atoms with van der Waals surface area (Å²) in [6.45, 7) is 5.14. The van der Waals surface area contributed by atoms with Gasteiger partial charge in [0.1, 0.15) is 0 Å². The quantitative estimate of drug-likeness (QED) is 0.554. The van der Waals surface area contributed by atoms with Gasteiger partial charge in [0.25, 0.3) is 0 Å². The molecule has 58 valence electrons. The molecule has 3 nitrogen and oxygen atoms in total. The lowest BCUT2D eigenvalue weighted by atomic mass is 10.2. The Hall–Kier alpha value is -0.830. The molecule has 0 radical (unpaired) electrons. The van der Waals surface area contributed by atoms with Gasteiger partial charge < -0.3 is 11.5 Å². The van der Waals surface area contributed by atoms with Crippen LogP contribution in [0.3, 0.4) is 0 Å². The molecular formula is C7H15N3. The van der Waals surface area contributed by atoms with Crippen molar-refractivity contribution >= 4 is 5.71 Å². The van der Waals surface area contributed by atoms with Crippen molar-refractivity contribution in [3.05, 3.63) is 11.8 Å². The zero-order valence-corrected chi connectivity index (χ0v) is 6.59. The van der Waals surface area contributed by atoms with Crippen molar-refractivity contribution in [1.29, 1.82) is 0 Å².